The van der Waals surface area contributed by atoms with Crippen LogP contribution in [0.4, 0.5) is 0 Å². The molecule has 3 nitrogen and oxygen atoms in total. The van der Waals surface area contributed by atoms with Crippen LogP contribution in [0.1, 0.15) is 26.7 Å². The molecule has 0 heterocycles. The maximum Gasteiger partial charge on any atom is 0.313 e. The number of ether oxygens (including phenoxy) is 2. The first-order valence-corrected chi connectivity index (χ1v) is 3.73. The first-order chi connectivity index (χ1) is 5.20. The Kier molecular flexibility index (Phi) is 5.25. The summed E-state index contributed by atoms with van der Waals surface area (Å²) in [5, 5.41) is 0. The molecule has 0 saturated heterocycles. The minimum absolute atomic E-state index is 0.0888. The van der Waals surface area contributed by atoms with Gasteiger partial charge in [-0.25, -0.2) is 0 Å². The molecule has 0 unspecified atom stereocenters. The zero-order valence-corrected chi connectivity index (χ0v) is 7.05. The van der Waals surface area contributed by atoms with Gasteiger partial charge in [0, 0.05) is 6.42 Å². The van der Waals surface area contributed by atoms with Gasteiger partial charge in [0.25, 0.3) is 5.95 Å². The smallest absolute Gasteiger partial charge is 0.313 e. The highest BCUT2D eigenvalue weighted by Gasteiger charge is 2.03. The third-order valence-corrected chi connectivity index (χ3v) is 0.987. The molecular formula is C8H14O3. The van der Waals surface area contributed by atoms with Crippen LogP contribution in [0.3, 0.4) is 0 Å². The summed E-state index contributed by atoms with van der Waals surface area (Å²) in [5.41, 5.74) is 0. The van der Waals surface area contributed by atoms with Gasteiger partial charge in [-0.3, -0.25) is 4.79 Å². The van der Waals surface area contributed by atoms with Gasteiger partial charge in [0.05, 0.1) is 6.61 Å². The summed E-state index contributed by atoms with van der Waals surface area (Å²) in [6.07, 6.45) is 1.18. The van der Waals surface area contributed by atoms with Gasteiger partial charge in [0.1, 0.15) is 0 Å². The molecule has 0 aromatic rings. The van der Waals surface area contributed by atoms with Crippen molar-refractivity contribution in [2.45, 2.75) is 26.7 Å². The van der Waals surface area contributed by atoms with Gasteiger partial charge < -0.3 is 9.47 Å². The Bertz CT molecular complexity index is 124. The first kappa shape index (κ1) is 10.0. The number of carbonyl (C=O) groups excluding carboxylic acids is 1. The molecular weight excluding hydrogens is 144 g/mol. The first-order valence-electron chi connectivity index (χ1n) is 3.73. The van der Waals surface area contributed by atoms with Gasteiger partial charge in [-0.2, -0.15) is 0 Å². The third-order valence-electron chi connectivity index (χ3n) is 0.987. The van der Waals surface area contributed by atoms with Crippen LogP contribution in [0.2, 0.25) is 0 Å². The lowest BCUT2D eigenvalue weighted by molar-refractivity contribution is -0.144. The van der Waals surface area contributed by atoms with Gasteiger partial charge >= 0.3 is 5.97 Å². The molecule has 0 N–H and O–H groups in total. The lowest BCUT2D eigenvalue weighted by Gasteiger charge is -2.05. The van der Waals surface area contributed by atoms with Crippen LogP contribution in [-0.2, 0) is 14.3 Å². The molecule has 0 radical (unpaired) electrons. The highest BCUT2D eigenvalue weighted by atomic mass is 16.7. The highest BCUT2D eigenvalue weighted by molar-refractivity contribution is 5.70. The zero-order valence-electron chi connectivity index (χ0n) is 7.05. The fraction of sp³-hybridized carbons (Fsp3) is 0.625. The van der Waals surface area contributed by atoms with E-state index in [1.807, 2.05) is 6.92 Å². The second kappa shape index (κ2) is 5.77. The van der Waals surface area contributed by atoms with Gasteiger partial charge in [-0.1, -0.05) is 6.92 Å². The van der Waals surface area contributed by atoms with Crippen molar-refractivity contribution in [3.63, 3.8) is 0 Å². The molecule has 0 bridgehead atoms. The highest BCUT2D eigenvalue weighted by Crippen LogP contribution is 1.99. The van der Waals surface area contributed by atoms with E-state index in [0.29, 0.717) is 13.0 Å². The molecule has 0 aromatic carbocycles. The quantitative estimate of drug-likeness (QED) is 0.452. The fourth-order valence-corrected chi connectivity index (χ4v) is 0.573. The zero-order chi connectivity index (χ0) is 8.69. The number of carbonyl (C=O) groups is 1. The summed E-state index contributed by atoms with van der Waals surface area (Å²) in [7, 11) is 0. The van der Waals surface area contributed by atoms with Crippen LogP contribution >= 0.6 is 0 Å². The van der Waals surface area contributed by atoms with Crippen LogP contribution in [0.25, 0.3) is 0 Å². The molecule has 0 aliphatic rings. The predicted octanol–water partition coefficient (Wildman–Crippen LogP) is 1.84. The monoisotopic (exact) mass is 158 g/mol. The molecule has 0 atom stereocenters. The molecule has 11 heavy (non-hydrogen) atoms. The Hall–Kier alpha value is -0.990. The molecule has 3 heteroatoms. The van der Waals surface area contributed by atoms with E-state index in [-0.39, 0.29) is 11.9 Å². The standard InChI is InChI=1S/C8H14O3/c1-4-6-8(9)11-7(3)10-5-2/h3-6H2,1-2H3. The molecule has 0 amide bonds. The molecule has 64 valence electrons. The average molecular weight is 158 g/mol. The minimum Gasteiger partial charge on any atom is -0.466 e. The molecule has 0 aliphatic carbocycles. The van der Waals surface area contributed by atoms with Crippen molar-refractivity contribution < 1.29 is 14.3 Å². The van der Waals surface area contributed by atoms with Gasteiger partial charge in [0.15, 0.2) is 0 Å². The summed E-state index contributed by atoms with van der Waals surface area (Å²) in [6, 6.07) is 0. The predicted molar refractivity (Wildman–Crippen MR) is 41.8 cm³/mol. The Morgan fingerprint density at radius 1 is 1.45 bits per heavy atom. The number of hydrogen-bond donors (Lipinski definition) is 0. The van der Waals surface area contributed by atoms with E-state index in [1.54, 1.807) is 6.92 Å². The Morgan fingerprint density at radius 2 is 2.09 bits per heavy atom. The maximum atomic E-state index is 10.8. The van der Waals surface area contributed by atoms with Crippen molar-refractivity contribution in [1.82, 2.24) is 0 Å². The van der Waals surface area contributed by atoms with Crippen LogP contribution in [0.5, 0.6) is 0 Å². The molecule has 0 fully saturated rings. The van der Waals surface area contributed by atoms with Gasteiger partial charge in [-0.15, -0.1) is 0 Å². The Labute approximate surface area is 67.0 Å². The summed E-state index contributed by atoms with van der Waals surface area (Å²) >= 11 is 0. The van der Waals surface area contributed by atoms with Crippen molar-refractivity contribution in [1.29, 1.82) is 0 Å². The fourth-order valence-electron chi connectivity index (χ4n) is 0.573. The van der Waals surface area contributed by atoms with Crippen molar-refractivity contribution in [2.75, 3.05) is 6.61 Å². The average Bonchev–Trinajstić information content (AvgIpc) is 1.87. The lowest BCUT2D eigenvalue weighted by atomic mass is 10.3. The molecule has 0 rings (SSSR count). The Morgan fingerprint density at radius 3 is 2.55 bits per heavy atom. The Balaban J connectivity index is 3.49. The lowest BCUT2D eigenvalue weighted by Crippen LogP contribution is -2.05. The van der Waals surface area contributed by atoms with E-state index >= 15 is 0 Å². The topological polar surface area (TPSA) is 35.5 Å². The molecule has 0 aliphatic heterocycles. The van der Waals surface area contributed by atoms with Crippen molar-refractivity contribution in [3.8, 4) is 0 Å². The normalized spacial score (nSPS) is 8.91. The van der Waals surface area contributed by atoms with E-state index in [0.717, 1.165) is 6.42 Å². The summed E-state index contributed by atoms with van der Waals surface area (Å²) in [5.74, 6) is -0.197. The molecule has 0 aromatic heterocycles. The van der Waals surface area contributed by atoms with E-state index < -0.39 is 0 Å². The van der Waals surface area contributed by atoms with E-state index in [1.165, 1.54) is 0 Å². The van der Waals surface area contributed by atoms with E-state index in [4.69, 9.17) is 4.74 Å². The SMILES string of the molecule is C=C(OCC)OC(=O)CCC. The third kappa shape index (κ3) is 5.45. The summed E-state index contributed by atoms with van der Waals surface area (Å²) in [6.45, 7) is 7.58. The van der Waals surface area contributed by atoms with Gasteiger partial charge in [-0.05, 0) is 19.9 Å². The molecule has 0 saturated carbocycles. The second-order valence-electron chi connectivity index (χ2n) is 2.03. The van der Waals surface area contributed by atoms with Crippen LogP contribution in [0, 0.1) is 0 Å². The number of esters is 1. The van der Waals surface area contributed by atoms with E-state index in [2.05, 4.69) is 11.3 Å². The van der Waals surface area contributed by atoms with Crippen LogP contribution in [0.15, 0.2) is 12.5 Å². The van der Waals surface area contributed by atoms with Crippen LogP contribution < -0.4 is 0 Å². The molecule has 0 spiro atoms. The summed E-state index contributed by atoms with van der Waals surface area (Å²) in [4.78, 5) is 10.8. The number of hydrogen-bond acceptors (Lipinski definition) is 3. The minimum atomic E-state index is -0.286. The summed E-state index contributed by atoms with van der Waals surface area (Å²) < 4.78 is 9.50. The number of rotatable bonds is 5. The van der Waals surface area contributed by atoms with Crippen molar-refractivity contribution in [2.24, 2.45) is 0 Å². The van der Waals surface area contributed by atoms with Crippen LogP contribution in [-0.4, -0.2) is 12.6 Å². The maximum absolute atomic E-state index is 10.8. The largest absolute Gasteiger partial charge is 0.466 e. The van der Waals surface area contributed by atoms with Crippen molar-refractivity contribution in [3.05, 3.63) is 12.5 Å². The van der Waals surface area contributed by atoms with Gasteiger partial charge in [0.2, 0.25) is 0 Å². The van der Waals surface area contributed by atoms with Crippen molar-refractivity contribution >= 4 is 5.97 Å². The second-order valence-corrected chi connectivity index (χ2v) is 2.03. The van der Waals surface area contributed by atoms with E-state index in [9.17, 15) is 4.79 Å².